The first-order valence-corrected chi connectivity index (χ1v) is 8.07. The van der Waals surface area contributed by atoms with Crippen LogP contribution in [0.4, 0.5) is 18.0 Å². The standard InChI is InChI=1S/C18H21F3N2O3/c1-11-4-9-16(26-11)13(3)23-17(24)22-12(2)14-5-7-15(8-6-14)25-10-18(19,20)21/h4-9,12-13H,10H2,1-3H3,(H2,22,23,24). The van der Waals surface area contributed by atoms with Gasteiger partial charge in [-0.25, -0.2) is 4.79 Å². The summed E-state index contributed by atoms with van der Waals surface area (Å²) in [5.74, 6) is 1.52. The van der Waals surface area contributed by atoms with Crippen LogP contribution in [0.3, 0.4) is 0 Å². The quantitative estimate of drug-likeness (QED) is 0.778. The van der Waals surface area contributed by atoms with Crippen molar-refractivity contribution in [2.75, 3.05) is 6.61 Å². The molecule has 2 atom stereocenters. The van der Waals surface area contributed by atoms with Gasteiger partial charge >= 0.3 is 12.2 Å². The number of carbonyl (C=O) groups excluding carboxylic acids is 1. The van der Waals surface area contributed by atoms with Crippen LogP contribution in [0.25, 0.3) is 0 Å². The lowest BCUT2D eigenvalue weighted by molar-refractivity contribution is -0.153. The van der Waals surface area contributed by atoms with Crippen LogP contribution >= 0.6 is 0 Å². The molecule has 0 bridgehead atoms. The first-order chi connectivity index (χ1) is 12.1. The van der Waals surface area contributed by atoms with Crippen LogP contribution in [0.15, 0.2) is 40.8 Å². The molecule has 2 unspecified atom stereocenters. The first kappa shape index (κ1) is 19.7. The Morgan fingerprint density at radius 3 is 2.23 bits per heavy atom. The summed E-state index contributed by atoms with van der Waals surface area (Å²) < 4.78 is 46.5. The number of hydrogen-bond acceptors (Lipinski definition) is 3. The van der Waals surface area contributed by atoms with Crippen molar-refractivity contribution < 1.29 is 27.1 Å². The van der Waals surface area contributed by atoms with E-state index in [9.17, 15) is 18.0 Å². The molecule has 1 aromatic heterocycles. The Morgan fingerprint density at radius 1 is 1.08 bits per heavy atom. The zero-order chi connectivity index (χ0) is 19.3. The number of benzene rings is 1. The minimum absolute atomic E-state index is 0.115. The van der Waals surface area contributed by atoms with E-state index in [0.29, 0.717) is 5.76 Å². The van der Waals surface area contributed by atoms with Crippen LogP contribution in [0, 0.1) is 6.92 Å². The van der Waals surface area contributed by atoms with Crippen molar-refractivity contribution in [1.29, 1.82) is 0 Å². The van der Waals surface area contributed by atoms with Gasteiger partial charge in [0.1, 0.15) is 17.3 Å². The fourth-order valence-corrected chi connectivity index (χ4v) is 2.29. The number of rotatable bonds is 6. The van der Waals surface area contributed by atoms with Crippen molar-refractivity contribution in [3.63, 3.8) is 0 Å². The van der Waals surface area contributed by atoms with Gasteiger partial charge in [0.25, 0.3) is 0 Å². The highest BCUT2D eigenvalue weighted by molar-refractivity contribution is 5.74. The summed E-state index contributed by atoms with van der Waals surface area (Å²) in [5, 5.41) is 5.53. The number of carbonyl (C=O) groups is 1. The maximum atomic E-state index is 12.1. The fraction of sp³-hybridized carbons (Fsp3) is 0.389. The molecule has 26 heavy (non-hydrogen) atoms. The highest BCUT2D eigenvalue weighted by atomic mass is 19.4. The van der Waals surface area contributed by atoms with E-state index >= 15 is 0 Å². The smallest absolute Gasteiger partial charge is 0.422 e. The first-order valence-electron chi connectivity index (χ1n) is 8.07. The molecular weight excluding hydrogens is 349 g/mol. The lowest BCUT2D eigenvalue weighted by atomic mass is 10.1. The molecule has 0 radical (unpaired) electrons. The molecule has 5 nitrogen and oxygen atoms in total. The van der Waals surface area contributed by atoms with E-state index < -0.39 is 12.8 Å². The normalized spacial score (nSPS) is 13.8. The number of aryl methyl sites for hydroxylation is 1. The van der Waals surface area contributed by atoms with Gasteiger partial charge < -0.3 is 19.8 Å². The summed E-state index contributed by atoms with van der Waals surface area (Å²) in [4.78, 5) is 12.1. The number of ether oxygens (including phenoxy) is 1. The van der Waals surface area contributed by atoms with Crippen molar-refractivity contribution in [3.05, 3.63) is 53.5 Å². The largest absolute Gasteiger partial charge is 0.484 e. The molecule has 0 spiro atoms. The Balaban J connectivity index is 1.86. The molecule has 0 saturated heterocycles. The second-order valence-electron chi connectivity index (χ2n) is 5.98. The van der Waals surface area contributed by atoms with Crippen molar-refractivity contribution in [2.45, 2.75) is 39.0 Å². The number of nitrogens with one attached hydrogen (secondary N) is 2. The van der Waals surface area contributed by atoms with Gasteiger partial charge in [0.2, 0.25) is 0 Å². The van der Waals surface area contributed by atoms with Gasteiger partial charge in [-0.05, 0) is 50.6 Å². The Morgan fingerprint density at radius 2 is 1.69 bits per heavy atom. The molecule has 8 heteroatoms. The van der Waals surface area contributed by atoms with Crippen molar-refractivity contribution in [2.24, 2.45) is 0 Å². The van der Waals surface area contributed by atoms with Gasteiger partial charge in [-0.1, -0.05) is 12.1 Å². The molecule has 2 amide bonds. The van der Waals surface area contributed by atoms with Crippen LogP contribution in [0.5, 0.6) is 5.75 Å². The second kappa shape index (κ2) is 8.16. The zero-order valence-electron chi connectivity index (χ0n) is 14.7. The van der Waals surface area contributed by atoms with E-state index in [-0.39, 0.29) is 23.9 Å². The van der Waals surface area contributed by atoms with E-state index in [0.717, 1.165) is 11.3 Å². The molecule has 1 heterocycles. The minimum atomic E-state index is -4.38. The summed E-state index contributed by atoms with van der Waals surface area (Å²) in [6, 6.07) is 8.69. The summed E-state index contributed by atoms with van der Waals surface area (Å²) in [6.07, 6.45) is -4.38. The van der Waals surface area contributed by atoms with Crippen molar-refractivity contribution in [3.8, 4) is 5.75 Å². The summed E-state index contributed by atoms with van der Waals surface area (Å²) in [5.41, 5.74) is 0.737. The molecule has 0 saturated carbocycles. The van der Waals surface area contributed by atoms with Crippen molar-refractivity contribution >= 4 is 6.03 Å². The number of amides is 2. The lowest BCUT2D eigenvalue weighted by Crippen LogP contribution is -2.38. The Hall–Kier alpha value is -2.64. The van der Waals surface area contributed by atoms with Crippen LogP contribution in [-0.4, -0.2) is 18.8 Å². The van der Waals surface area contributed by atoms with Gasteiger partial charge in [-0.3, -0.25) is 0 Å². The highest BCUT2D eigenvalue weighted by Crippen LogP contribution is 2.21. The molecule has 2 aromatic rings. The lowest BCUT2D eigenvalue weighted by Gasteiger charge is -2.18. The van der Waals surface area contributed by atoms with E-state index in [2.05, 4.69) is 15.4 Å². The van der Waals surface area contributed by atoms with Crippen LogP contribution in [0.1, 0.15) is 43.0 Å². The molecule has 2 N–H and O–H groups in total. The molecule has 1 aromatic carbocycles. The summed E-state index contributed by atoms with van der Waals surface area (Å²) in [6.45, 7) is 4.05. The predicted octanol–water partition coefficient (Wildman–Crippen LogP) is 4.65. The highest BCUT2D eigenvalue weighted by Gasteiger charge is 2.28. The zero-order valence-corrected chi connectivity index (χ0v) is 14.7. The molecule has 0 aliphatic heterocycles. The maximum absolute atomic E-state index is 12.1. The van der Waals surface area contributed by atoms with Crippen LogP contribution in [-0.2, 0) is 0 Å². The Bertz CT molecular complexity index is 726. The predicted molar refractivity (Wildman–Crippen MR) is 89.9 cm³/mol. The maximum Gasteiger partial charge on any atom is 0.422 e. The number of furan rings is 1. The second-order valence-corrected chi connectivity index (χ2v) is 5.98. The molecule has 0 fully saturated rings. The number of urea groups is 1. The van der Waals surface area contributed by atoms with Gasteiger partial charge in [0.05, 0.1) is 12.1 Å². The molecular formula is C18H21F3N2O3. The van der Waals surface area contributed by atoms with E-state index in [1.807, 2.05) is 13.0 Å². The molecule has 142 valence electrons. The average molecular weight is 370 g/mol. The number of alkyl halides is 3. The van der Waals surface area contributed by atoms with E-state index in [1.165, 1.54) is 12.1 Å². The average Bonchev–Trinajstić information content (AvgIpc) is 2.99. The van der Waals surface area contributed by atoms with E-state index in [1.54, 1.807) is 32.0 Å². The number of halogens is 3. The molecule has 0 aliphatic rings. The van der Waals surface area contributed by atoms with Crippen molar-refractivity contribution in [1.82, 2.24) is 10.6 Å². The number of hydrogen-bond donors (Lipinski definition) is 2. The monoisotopic (exact) mass is 370 g/mol. The third kappa shape index (κ3) is 6.02. The molecule has 0 aliphatic carbocycles. The summed E-state index contributed by atoms with van der Waals surface area (Å²) in [7, 11) is 0. The molecule has 2 rings (SSSR count). The Labute approximate surface area is 149 Å². The Kier molecular flexibility index (Phi) is 6.18. The van der Waals surface area contributed by atoms with Crippen LogP contribution < -0.4 is 15.4 Å². The third-order valence-corrected chi connectivity index (χ3v) is 3.67. The van der Waals surface area contributed by atoms with Gasteiger partial charge in [0, 0.05) is 0 Å². The SMILES string of the molecule is Cc1ccc(C(C)NC(=O)NC(C)c2ccc(OCC(F)(F)F)cc2)o1. The van der Waals surface area contributed by atoms with Gasteiger partial charge in [0.15, 0.2) is 6.61 Å². The minimum Gasteiger partial charge on any atom is -0.484 e. The van der Waals surface area contributed by atoms with Gasteiger partial charge in [-0.15, -0.1) is 0 Å². The summed E-state index contributed by atoms with van der Waals surface area (Å²) >= 11 is 0. The third-order valence-electron chi connectivity index (χ3n) is 3.67. The topological polar surface area (TPSA) is 63.5 Å². The van der Waals surface area contributed by atoms with Crippen LogP contribution in [0.2, 0.25) is 0 Å². The fourth-order valence-electron chi connectivity index (χ4n) is 2.29. The van der Waals surface area contributed by atoms with E-state index in [4.69, 9.17) is 4.42 Å². The van der Waals surface area contributed by atoms with Gasteiger partial charge in [-0.2, -0.15) is 13.2 Å².